The second-order valence-electron chi connectivity index (χ2n) is 1.98. The number of amides is 2. The Labute approximate surface area is 54.8 Å². The van der Waals surface area contributed by atoms with E-state index in [4.69, 9.17) is 9.90 Å². The van der Waals surface area contributed by atoms with Gasteiger partial charge < -0.3 is 16.6 Å². The monoisotopic (exact) mass is 134 g/mol. The second-order valence-corrected chi connectivity index (χ2v) is 1.98. The van der Waals surface area contributed by atoms with E-state index in [1.165, 1.54) is 0 Å². The molecule has 0 saturated carbocycles. The van der Waals surface area contributed by atoms with E-state index < -0.39 is 6.03 Å². The van der Waals surface area contributed by atoms with Gasteiger partial charge in [-0.25, -0.2) is 4.79 Å². The third kappa shape index (κ3) is 131. The number of nitrogens with two attached hydrogens (primary N) is 2. The fraction of sp³-hybridized carbons (Fsp3) is 0.800. The van der Waals surface area contributed by atoms with Crippen LogP contribution in [0.4, 0.5) is 4.79 Å². The van der Waals surface area contributed by atoms with Crippen LogP contribution in [0.15, 0.2) is 0 Å². The maximum Gasteiger partial charge on any atom is 0.309 e. The molecule has 0 radical (unpaired) electrons. The van der Waals surface area contributed by atoms with Crippen molar-refractivity contribution >= 4 is 6.03 Å². The highest BCUT2D eigenvalue weighted by atomic mass is 16.3. The molecule has 2 amide bonds. The summed E-state index contributed by atoms with van der Waals surface area (Å²) < 4.78 is 0. The average Bonchev–Trinajstić information content (AvgIpc) is 1.65. The molecule has 0 aliphatic rings. The van der Waals surface area contributed by atoms with Gasteiger partial charge >= 0.3 is 6.03 Å². The predicted molar refractivity (Wildman–Crippen MR) is 35.7 cm³/mol. The molecule has 5 N–H and O–H groups in total. The van der Waals surface area contributed by atoms with Crippen molar-refractivity contribution in [3.05, 3.63) is 0 Å². The molecule has 0 saturated heterocycles. The molecule has 0 spiro atoms. The summed E-state index contributed by atoms with van der Waals surface area (Å²) in [7, 11) is 0. The minimum absolute atomic E-state index is 0.306. The predicted octanol–water partition coefficient (Wildman–Crippen LogP) is -0.342. The van der Waals surface area contributed by atoms with E-state index in [0.29, 0.717) is 12.5 Å². The summed E-state index contributed by atoms with van der Waals surface area (Å²) in [5, 5.41) is 8.14. The molecule has 0 fully saturated rings. The Bertz CT molecular complexity index is 69.4. The average molecular weight is 134 g/mol. The lowest BCUT2D eigenvalue weighted by Crippen LogP contribution is -2.18. The van der Waals surface area contributed by atoms with Crippen LogP contribution in [-0.4, -0.2) is 17.7 Å². The normalized spacial score (nSPS) is 8.00. The zero-order valence-corrected chi connectivity index (χ0v) is 5.79. The Kier molecular flexibility index (Phi) is 8.90. The summed E-state index contributed by atoms with van der Waals surface area (Å²) in [4.78, 5) is 9.00. The Morgan fingerprint density at radius 1 is 1.56 bits per heavy atom. The number of carbonyl (C=O) groups excluding carboxylic acids is 1. The van der Waals surface area contributed by atoms with Gasteiger partial charge in [0.05, 0.1) is 0 Å². The minimum atomic E-state index is -0.833. The number of urea groups is 1. The van der Waals surface area contributed by atoms with Crippen molar-refractivity contribution in [2.45, 2.75) is 13.8 Å². The van der Waals surface area contributed by atoms with Gasteiger partial charge in [0.15, 0.2) is 0 Å². The van der Waals surface area contributed by atoms with Crippen molar-refractivity contribution < 1.29 is 9.90 Å². The summed E-state index contributed by atoms with van der Waals surface area (Å²) in [6.07, 6.45) is 0. The molecule has 0 unspecified atom stereocenters. The lowest BCUT2D eigenvalue weighted by molar-refractivity contribution is 0.248. The van der Waals surface area contributed by atoms with Crippen LogP contribution in [0.5, 0.6) is 0 Å². The summed E-state index contributed by atoms with van der Waals surface area (Å²) >= 11 is 0. The lowest BCUT2D eigenvalue weighted by Gasteiger charge is -1.90. The molecule has 4 heteroatoms. The maximum atomic E-state index is 9.00. The number of hydrogen-bond acceptors (Lipinski definition) is 2. The number of aliphatic hydroxyl groups is 1. The minimum Gasteiger partial charge on any atom is -0.396 e. The zero-order chi connectivity index (χ0) is 7.86. The van der Waals surface area contributed by atoms with Crippen molar-refractivity contribution in [1.29, 1.82) is 0 Å². The fourth-order valence-corrected chi connectivity index (χ4v) is 0. The van der Waals surface area contributed by atoms with Crippen LogP contribution in [0, 0.1) is 5.92 Å². The lowest BCUT2D eigenvalue weighted by atomic mass is 10.2. The van der Waals surface area contributed by atoms with E-state index in [9.17, 15) is 0 Å². The third-order valence-corrected chi connectivity index (χ3v) is 0.365. The number of aliphatic hydroxyl groups excluding tert-OH is 1. The van der Waals surface area contributed by atoms with E-state index in [2.05, 4.69) is 11.5 Å². The molecule has 56 valence electrons. The largest absolute Gasteiger partial charge is 0.396 e. The van der Waals surface area contributed by atoms with Crippen LogP contribution in [0.3, 0.4) is 0 Å². The first kappa shape index (κ1) is 11.1. The van der Waals surface area contributed by atoms with Crippen molar-refractivity contribution in [3.8, 4) is 0 Å². The van der Waals surface area contributed by atoms with E-state index in [1.54, 1.807) is 0 Å². The Balaban J connectivity index is 0. The Morgan fingerprint density at radius 2 is 1.67 bits per heavy atom. The van der Waals surface area contributed by atoms with Crippen LogP contribution >= 0.6 is 0 Å². The molecule has 0 heterocycles. The summed E-state index contributed by atoms with van der Waals surface area (Å²) in [5.74, 6) is 0.440. The highest BCUT2D eigenvalue weighted by Crippen LogP contribution is 1.83. The molecule has 0 bridgehead atoms. The molecule has 0 aliphatic carbocycles. The SMILES string of the molecule is CC(C)CO.NC(N)=O. The first-order valence-electron chi connectivity index (χ1n) is 2.66. The van der Waals surface area contributed by atoms with Crippen molar-refractivity contribution in [2.75, 3.05) is 6.61 Å². The van der Waals surface area contributed by atoms with Crippen LogP contribution < -0.4 is 11.5 Å². The summed E-state index contributed by atoms with van der Waals surface area (Å²) in [5.41, 5.74) is 8.50. The Hall–Kier alpha value is -0.770. The smallest absolute Gasteiger partial charge is 0.309 e. The van der Waals surface area contributed by atoms with Gasteiger partial charge in [-0.1, -0.05) is 13.8 Å². The third-order valence-electron chi connectivity index (χ3n) is 0.365. The standard InChI is InChI=1S/C4H10O.CH4N2O/c1-4(2)3-5;2-1(3)4/h4-5H,3H2,1-2H3;(H4,2,3,4). The van der Waals surface area contributed by atoms with Crippen LogP contribution in [0.2, 0.25) is 0 Å². The molecule has 0 rings (SSSR count). The van der Waals surface area contributed by atoms with Crippen molar-refractivity contribution in [2.24, 2.45) is 17.4 Å². The number of carbonyl (C=O) groups is 1. The molecule has 0 aliphatic heterocycles. The number of hydrogen-bond donors (Lipinski definition) is 3. The zero-order valence-electron chi connectivity index (χ0n) is 5.79. The van der Waals surface area contributed by atoms with Gasteiger partial charge in [-0.3, -0.25) is 0 Å². The molecule has 4 nitrogen and oxygen atoms in total. The van der Waals surface area contributed by atoms with Gasteiger partial charge in [0, 0.05) is 6.61 Å². The van der Waals surface area contributed by atoms with Crippen LogP contribution in [0.25, 0.3) is 0 Å². The molecular formula is C5H14N2O2. The van der Waals surface area contributed by atoms with E-state index in [-0.39, 0.29) is 0 Å². The van der Waals surface area contributed by atoms with Gasteiger partial charge in [0.1, 0.15) is 0 Å². The van der Waals surface area contributed by atoms with E-state index >= 15 is 0 Å². The van der Waals surface area contributed by atoms with Crippen LogP contribution in [-0.2, 0) is 0 Å². The quantitative estimate of drug-likeness (QED) is 0.458. The first-order valence-corrected chi connectivity index (χ1v) is 2.66. The van der Waals surface area contributed by atoms with Crippen molar-refractivity contribution in [1.82, 2.24) is 0 Å². The summed E-state index contributed by atoms with van der Waals surface area (Å²) in [6, 6.07) is -0.833. The molecular weight excluding hydrogens is 120 g/mol. The molecule has 0 aromatic carbocycles. The van der Waals surface area contributed by atoms with Gasteiger partial charge in [0.25, 0.3) is 0 Å². The van der Waals surface area contributed by atoms with Gasteiger partial charge in [-0.2, -0.15) is 0 Å². The van der Waals surface area contributed by atoms with Crippen LogP contribution in [0.1, 0.15) is 13.8 Å². The maximum absolute atomic E-state index is 9.00. The molecule has 9 heavy (non-hydrogen) atoms. The van der Waals surface area contributed by atoms with E-state index in [0.717, 1.165) is 0 Å². The topological polar surface area (TPSA) is 89.3 Å². The van der Waals surface area contributed by atoms with Crippen molar-refractivity contribution in [3.63, 3.8) is 0 Å². The first-order chi connectivity index (χ1) is 4.00. The van der Waals surface area contributed by atoms with Gasteiger partial charge in [-0.15, -0.1) is 0 Å². The molecule has 0 atom stereocenters. The van der Waals surface area contributed by atoms with E-state index in [1.807, 2.05) is 13.8 Å². The summed E-state index contributed by atoms with van der Waals surface area (Å²) in [6.45, 7) is 4.25. The highest BCUT2D eigenvalue weighted by Gasteiger charge is 1.81. The highest BCUT2D eigenvalue weighted by molar-refractivity contribution is 5.69. The second kappa shape index (κ2) is 7.23. The van der Waals surface area contributed by atoms with Gasteiger partial charge in [0.2, 0.25) is 0 Å². The molecule has 0 aromatic heterocycles. The van der Waals surface area contributed by atoms with Gasteiger partial charge in [-0.05, 0) is 5.92 Å². The number of primary amides is 2. The number of rotatable bonds is 1. The fourth-order valence-electron chi connectivity index (χ4n) is 0. The molecule has 0 aromatic rings. The Morgan fingerprint density at radius 3 is 1.67 bits per heavy atom.